The van der Waals surface area contributed by atoms with Crippen LogP contribution in [0.5, 0.6) is 0 Å². The number of hydrogen-bond acceptors (Lipinski definition) is 3. The fourth-order valence-corrected chi connectivity index (χ4v) is 3.44. The Kier molecular flexibility index (Phi) is 5.01. The van der Waals surface area contributed by atoms with Gasteiger partial charge in [0.05, 0.1) is 4.90 Å². The normalized spacial score (nSPS) is 13.0. The Morgan fingerprint density at radius 3 is 2.37 bits per heavy atom. The number of nitrogens with zero attached hydrogens (tertiary/aromatic N) is 1. The van der Waals surface area contributed by atoms with Crippen molar-refractivity contribution in [3.8, 4) is 0 Å². The highest BCUT2D eigenvalue weighted by atomic mass is 35.5. The minimum Gasteiger partial charge on any atom is -0.326 e. The summed E-state index contributed by atoms with van der Waals surface area (Å²) in [4.78, 5) is 0.226. The predicted octanol–water partition coefficient (Wildman–Crippen LogP) is 2.47. The molecule has 0 saturated heterocycles. The SMILES string of the molecule is CN(CC(C)(C)C)S(=O)(=O)c1ccc(Cl)c(CN)c1. The highest BCUT2D eigenvalue weighted by Gasteiger charge is 2.25. The van der Waals surface area contributed by atoms with Crippen molar-refractivity contribution in [2.75, 3.05) is 13.6 Å². The van der Waals surface area contributed by atoms with E-state index in [1.165, 1.54) is 16.4 Å². The first-order valence-corrected chi connectivity index (χ1v) is 7.84. The van der Waals surface area contributed by atoms with Crippen molar-refractivity contribution in [2.24, 2.45) is 11.1 Å². The molecule has 0 saturated carbocycles. The Hall–Kier alpha value is -0.620. The summed E-state index contributed by atoms with van der Waals surface area (Å²) in [6.07, 6.45) is 0. The molecule has 0 aromatic heterocycles. The summed E-state index contributed by atoms with van der Waals surface area (Å²) in [7, 11) is -1.92. The lowest BCUT2D eigenvalue weighted by Gasteiger charge is -2.26. The Bertz CT molecular complexity index is 550. The molecule has 0 bridgehead atoms. The van der Waals surface area contributed by atoms with Crippen LogP contribution in [0.2, 0.25) is 5.02 Å². The molecule has 0 heterocycles. The van der Waals surface area contributed by atoms with E-state index in [1.54, 1.807) is 13.1 Å². The van der Waals surface area contributed by atoms with Gasteiger partial charge in [0.15, 0.2) is 0 Å². The topological polar surface area (TPSA) is 63.4 Å². The van der Waals surface area contributed by atoms with Gasteiger partial charge in [-0.15, -0.1) is 0 Å². The third kappa shape index (κ3) is 4.18. The summed E-state index contributed by atoms with van der Waals surface area (Å²) in [6.45, 7) is 6.63. The molecule has 19 heavy (non-hydrogen) atoms. The fourth-order valence-electron chi connectivity index (χ4n) is 1.80. The van der Waals surface area contributed by atoms with Gasteiger partial charge in [-0.3, -0.25) is 0 Å². The first-order valence-electron chi connectivity index (χ1n) is 6.03. The van der Waals surface area contributed by atoms with Crippen LogP contribution in [0.25, 0.3) is 0 Å². The Balaban J connectivity index is 3.13. The van der Waals surface area contributed by atoms with Crippen LogP contribution in [-0.4, -0.2) is 26.3 Å². The molecular formula is C13H21ClN2O2S. The van der Waals surface area contributed by atoms with E-state index in [1.807, 2.05) is 20.8 Å². The van der Waals surface area contributed by atoms with Crippen LogP contribution in [0.3, 0.4) is 0 Å². The first-order chi connectivity index (χ1) is 8.58. The van der Waals surface area contributed by atoms with Gasteiger partial charge in [0, 0.05) is 25.2 Å². The molecule has 1 rings (SSSR count). The number of hydrogen-bond donors (Lipinski definition) is 1. The van der Waals surface area contributed by atoms with Crippen LogP contribution in [0.15, 0.2) is 23.1 Å². The predicted molar refractivity (Wildman–Crippen MR) is 78.6 cm³/mol. The molecule has 1 aromatic rings. The summed E-state index contributed by atoms with van der Waals surface area (Å²) in [6, 6.07) is 4.62. The quantitative estimate of drug-likeness (QED) is 0.929. The van der Waals surface area contributed by atoms with E-state index < -0.39 is 10.0 Å². The second kappa shape index (κ2) is 5.79. The van der Waals surface area contributed by atoms with E-state index in [9.17, 15) is 8.42 Å². The Morgan fingerprint density at radius 1 is 1.32 bits per heavy atom. The number of halogens is 1. The van der Waals surface area contributed by atoms with Crippen molar-refractivity contribution in [3.05, 3.63) is 28.8 Å². The molecular weight excluding hydrogens is 284 g/mol. The number of rotatable bonds is 4. The number of nitrogens with two attached hydrogens (primary N) is 1. The fraction of sp³-hybridized carbons (Fsp3) is 0.538. The minimum atomic E-state index is -3.50. The molecule has 4 nitrogen and oxygen atoms in total. The van der Waals surface area contributed by atoms with Gasteiger partial charge in [-0.05, 0) is 29.2 Å². The van der Waals surface area contributed by atoms with E-state index in [0.717, 1.165) is 0 Å². The molecule has 6 heteroatoms. The summed E-state index contributed by atoms with van der Waals surface area (Å²) in [5.41, 5.74) is 6.07. The van der Waals surface area contributed by atoms with Crippen LogP contribution in [0, 0.1) is 5.41 Å². The zero-order valence-electron chi connectivity index (χ0n) is 11.8. The van der Waals surface area contributed by atoms with Crippen molar-refractivity contribution >= 4 is 21.6 Å². The molecule has 0 atom stereocenters. The zero-order valence-corrected chi connectivity index (χ0v) is 13.3. The highest BCUT2D eigenvalue weighted by molar-refractivity contribution is 7.89. The third-order valence-corrected chi connectivity index (χ3v) is 4.81. The van der Waals surface area contributed by atoms with E-state index in [-0.39, 0.29) is 16.9 Å². The van der Waals surface area contributed by atoms with Gasteiger partial charge in [0.25, 0.3) is 0 Å². The second-order valence-electron chi connectivity index (χ2n) is 5.78. The van der Waals surface area contributed by atoms with Gasteiger partial charge in [-0.2, -0.15) is 0 Å². The van der Waals surface area contributed by atoms with Crippen LogP contribution in [0.1, 0.15) is 26.3 Å². The summed E-state index contributed by atoms with van der Waals surface area (Å²) in [5, 5.41) is 0.486. The maximum Gasteiger partial charge on any atom is 0.242 e. The molecule has 0 fully saturated rings. The molecule has 0 aliphatic heterocycles. The molecule has 0 aliphatic carbocycles. The van der Waals surface area contributed by atoms with E-state index in [0.29, 0.717) is 17.1 Å². The second-order valence-corrected chi connectivity index (χ2v) is 8.23. The van der Waals surface area contributed by atoms with Gasteiger partial charge >= 0.3 is 0 Å². The van der Waals surface area contributed by atoms with Gasteiger partial charge in [0.1, 0.15) is 0 Å². The highest BCUT2D eigenvalue weighted by Crippen LogP contribution is 2.24. The zero-order chi connectivity index (χ0) is 14.8. The van der Waals surface area contributed by atoms with Crippen molar-refractivity contribution in [3.63, 3.8) is 0 Å². The number of benzene rings is 1. The average molecular weight is 305 g/mol. The molecule has 108 valence electrons. The van der Waals surface area contributed by atoms with Crippen molar-refractivity contribution < 1.29 is 8.42 Å². The van der Waals surface area contributed by atoms with E-state index >= 15 is 0 Å². The summed E-state index contributed by atoms with van der Waals surface area (Å²) in [5.74, 6) is 0. The van der Waals surface area contributed by atoms with Crippen LogP contribution in [-0.2, 0) is 16.6 Å². The molecule has 0 amide bonds. The monoisotopic (exact) mass is 304 g/mol. The van der Waals surface area contributed by atoms with Crippen LogP contribution < -0.4 is 5.73 Å². The molecule has 1 aromatic carbocycles. The lowest BCUT2D eigenvalue weighted by Crippen LogP contribution is -2.34. The standard InChI is InChI=1S/C13H21ClN2O2S/c1-13(2,3)9-16(4)19(17,18)11-5-6-12(14)10(7-11)8-15/h5-7H,8-9,15H2,1-4H3. The molecule has 0 radical (unpaired) electrons. The molecule has 0 unspecified atom stereocenters. The van der Waals surface area contributed by atoms with Crippen molar-refractivity contribution in [2.45, 2.75) is 32.2 Å². The minimum absolute atomic E-state index is 0.106. The lowest BCUT2D eigenvalue weighted by atomic mass is 9.97. The third-order valence-electron chi connectivity index (χ3n) is 2.64. The molecule has 0 spiro atoms. The summed E-state index contributed by atoms with van der Waals surface area (Å²) >= 11 is 5.94. The lowest BCUT2D eigenvalue weighted by molar-refractivity contribution is 0.311. The average Bonchev–Trinajstić information content (AvgIpc) is 2.27. The van der Waals surface area contributed by atoms with Gasteiger partial charge in [0.2, 0.25) is 10.0 Å². The summed E-state index contributed by atoms with van der Waals surface area (Å²) < 4.78 is 26.2. The van der Waals surface area contributed by atoms with Gasteiger partial charge in [-0.25, -0.2) is 12.7 Å². The Morgan fingerprint density at radius 2 is 1.89 bits per heavy atom. The van der Waals surface area contributed by atoms with Gasteiger partial charge in [-0.1, -0.05) is 32.4 Å². The number of sulfonamides is 1. The van der Waals surface area contributed by atoms with Crippen LogP contribution >= 0.6 is 11.6 Å². The van der Waals surface area contributed by atoms with Crippen LogP contribution in [0.4, 0.5) is 0 Å². The molecule has 2 N–H and O–H groups in total. The first kappa shape index (κ1) is 16.4. The van der Waals surface area contributed by atoms with E-state index in [4.69, 9.17) is 17.3 Å². The van der Waals surface area contributed by atoms with E-state index in [2.05, 4.69) is 0 Å². The Labute approximate surface area is 120 Å². The molecule has 0 aliphatic rings. The largest absolute Gasteiger partial charge is 0.326 e. The van der Waals surface area contributed by atoms with Crippen molar-refractivity contribution in [1.82, 2.24) is 4.31 Å². The van der Waals surface area contributed by atoms with Gasteiger partial charge < -0.3 is 5.73 Å². The maximum atomic E-state index is 12.4. The smallest absolute Gasteiger partial charge is 0.242 e. The maximum absolute atomic E-state index is 12.4. The van der Waals surface area contributed by atoms with Crippen molar-refractivity contribution in [1.29, 1.82) is 0 Å².